The number of nitrogens with zero attached hydrogens (tertiary/aromatic N) is 1. The fraction of sp³-hybridized carbons (Fsp3) is 1.00. The van der Waals surface area contributed by atoms with Gasteiger partial charge in [0.25, 0.3) is 0 Å². The minimum atomic E-state index is 0.574. The summed E-state index contributed by atoms with van der Waals surface area (Å²) >= 11 is 0. The van der Waals surface area contributed by atoms with Crippen LogP contribution in [0, 0.1) is 0 Å². The van der Waals surface area contributed by atoms with Crippen LogP contribution >= 0.6 is 0 Å². The summed E-state index contributed by atoms with van der Waals surface area (Å²) in [7, 11) is 1.88. The second kappa shape index (κ2) is 4.13. The molecule has 0 aliphatic heterocycles. The van der Waals surface area contributed by atoms with E-state index in [1.807, 2.05) is 7.05 Å². The van der Waals surface area contributed by atoms with Crippen molar-refractivity contribution in [2.45, 2.75) is 32.7 Å². The average Bonchev–Trinajstić information content (AvgIpc) is 1.68. The molecule has 0 saturated carbocycles. The Morgan fingerprint density at radius 1 is 1.57 bits per heavy atom. The average molecular weight is 100 g/mol. The summed E-state index contributed by atoms with van der Waals surface area (Å²) in [5, 5.41) is 4.08. The first-order valence-electron chi connectivity index (χ1n) is 2.90. The smallest absolute Gasteiger partial charge is 0.0214 e. The molecule has 1 heteroatoms. The van der Waals surface area contributed by atoms with E-state index in [0.29, 0.717) is 6.04 Å². The summed E-state index contributed by atoms with van der Waals surface area (Å²) in [6, 6.07) is 0.574. The Balaban J connectivity index is 2.83. The van der Waals surface area contributed by atoms with Gasteiger partial charge in [-0.1, -0.05) is 13.3 Å². The van der Waals surface area contributed by atoms with Gasteiger partial charge in [-0.3, -0.25) is 0 Å². The van der Waals surface area contributed by atoms with E-state index in [1.165, 1.54) is 12.8 Å². The molecule has 43 valence electrons. The van der Waals surface area contributed by atoms with Crippen LogP contribution in [-0.2, 0) is 0 Å². The third kappa shape index (κ3) is 3.80. The molecule has 1 nitrogen and oxygen atoms in total. The van der Waals surface area contributed by atoms with Crippen molar-refractivity contribution in [1.82, 2.24) is 5.32 Å². The lowest BCUT2D eigenvalue weighted by Gasteiger charge is -2.02. The maximum atomic E-state index is 4.08. The summed E-state index contributed by atoms with van der Waals surface area (Å²) in [5.41, 5.74) is 0. The Labute approximate surface area is 46.1 Å². The lowest BCUT2D eigenvalue weighted by Crippen LogP contribution is -2.12. The number of hydrogen-bond acceptors (Lipinski definition) is 0. The van der Waals surface area contributed by atoms with Crippen LogP contribution in [0.3, 0.4) is 0 Å². The zero-order valence-electron chi connectivity index (χ0n) is 5.44. The second-order valence-electron chi connectivity index (χ2n) is 1.90. The van der Waals surface area contributed by atoms with E-state index in [0.717, 1.165) is 0 Å². The van der Waals surface area contributed by atoms with Crippen molar-refractivity contribution in [3.05, 3.63) is 0 Å². The molecule has 0 aliphatic carbocycles. The highest BCUT2D eigenvalue weighted by atomic mass is 14.8. The highest BCUT2D eigenvalue weighted by Crippen LogP contribution is 1.93. The molecule has 0 aromatic carbocycles. The Hall–Kier alpha value is -0.0400. The van der Waals surface area contributed by atoms with Gasteiger partial charge in [-0.15, -0.1) is 0 Å². The Morgan fingerprint density at radius 3 is 2.29 bits per heavy atom. The van der Waals surface area contributed by atoms with Crippen LogP contribution in [-0.4, -0.2) is 13.1 Å². The Morgan fingerprint density at radius 2 is 2.14 bits per heavy atom. The van der Waals surface area contributed by atoms with E-state index in [1.54, 1.807) is 0 Å². The molecule has 0 bridgehead atoms. The molecule has 1 atom stereocenters. The summed E-state index contributed by atoms with van der Waals surface area (Å²) in [4.78, 5) is 0. The van der Waals surface area contributed by atoms with Gasteiger partial charge in [-0.2, -0.15) is 0 Å². The molecule has 1 radical (unpaired) electrons. The van der Waals surface area contributed by atoms with Crippen molar-refractivity contribution in [3.8, 4) is 0 Å². The minimum Gasteiger partial charge on any atom is -0.242 e. The molecule has 0 saturated heterocycles. The molecule has 0 amide bonds. The largest absolute Gasteiger partial charge is 0.242 e. The second-order valence-corrected chi connectivity index (χ2v) is 1.90. The molecule has 0 aliphatic rings. The van der Waals surface area contributed by atoms with Crippen LogP contribution in [0.15, 0.2) is 0 Å². The van der Waals surface area contributed by atoms with Gasteiger partial charge in [0.15, 0.2) is 0 Å². The molecule has 1 unspecified atom stereocenters. The van der Waals surface area contributed by atoms with Crippen molar-refractivity contribution in [1.29, 1.82) is 0 Å². The first-order valence-corrected chi connectivity index (χ1v) is 2.90. The summed E-state index contributed by atoms with van der Waals surface area (Å²) < 4.78 is 0. The molecule has 0 N–H and O–H groups in total. The zero-order valence-corrected chi connectivity index (χ0v) is 5.44. The van der Waals surface area contributed by atoms with Crippen LogP contribution in [0.5, 0.6) is 0 Å². The van der Waals surface area contributed by atoms with Crippen molar-refractivity contribution in [3.63, 3.8) is 0 Å². The SMILES string of the molecule is CCCC(C)[N]C. The van der Waals surface area contributed by atoms with Gasteiger partial charge in [-0.05, 0) is 13.3 Å². The highest BCUT2D eigenvalue weighted by molar-refractivity contribution is 4.52. The lowest BCUT2D eigenvalue weighted by molar-refractivity contribution is 0.548. The van der Waals surface area contributed by atoms with Crippen LogP contribution in [0.2, 0.25) is 0 Å². The predicted molar refractivity (Wildman–Crippen MR) is 32.4 cm³/mol. The molecule has 0 heterocycles. The van der Waals surface area contributed by atoms with E-state index in [2.05, 4.69) is 19.2 Å². The van der Waals surface area contributed by atoms with E-state index in [4.69, 9.17) is 0 Å². The van der Waals surface area contributed by atoms with Crippen molar-refractivity contribution in [2.24, 2.45) is 0 Å². The lowest BCUT2D eigenvalue weighted by atomic mass is 10.2. The standard InChI is InChI=1S/C6H14N/c1-4-5-6(2)7-3/h6H,4-5H2,1-3H3. The van der Waals surface area contributed by atoms with E-state index in [-0.39, 0.29) is 0 Å². The van der Waals surface area contributed by atoms with Gasteiger partial charge in [0.1, 0.15) is 0 Å². The summed E-state index contributed by atoms with van der Waals surface area (Å²) in [5.74, 6) is 0. The zero-order chi connectivity index (χ0) is 5.70. The summed E-state index contributed by atoms with van der Waals surface area (Å²) in [6.45, 7) is 4.32. The molecule has 0 rings (SSSR count). The fourth-order valence-corrected chi connectivity index (χ4v) is 0.547. The highest BCUT2D eigenvalue weighted by Gasteiger charge is 1.92. The van der Waals surface area contributed by atoms with Crippen molar-refractivity contribution >= 4 is 0 Å². The van der Waals surface area contributed by atoms with Crippen LogP contribution in [0.25, 0.3) is 0 Å². The van der Waals surface area contributed by atoms with Gasteiger partial charge in [-0.25, -0.2) is 5.32 Å². The maximum absolute atomic E-state index is 4.08. The van der Waals surface area contributed by atoms with Crippen molar-refractivity contribution < 1.29 is 0 Å². The van der Waals surface area contributed by atoms with Gasteiger partial charge in [0, 0.05) is 13.1 Å². The van der Waals surface area contributed by atoms with E-state index in [9.17, 15) is 0 Å². The van der Waals surface area contributed by atoms with Gasteiger partial charge >= 0.3 is 0 Å². The number of hydrogen-bond donors (Lipinski definition) is 0. The first kappa shape index (κ1) is 6.96. The van der Waals surface area contributed by atoms with E-state index >= 15 is 0 Å². The predicted octanol–water partition coefficient (Wildman–Crippen LogP) is 1.41. The van der Waals surface area contributed by atoms with Gasteiger partial charge < -0.3 is 0 Å². The third-order valence-corrected chi connectivity index (χ3v) is 1.15. The van der Waals surface area contributed by atoms with Crippen molar-refractivity contribution in [2.75, 3.05) is 7.05 Å². The fourth-order valence-electron chi connectivity index (χ4n) is 0.547. The number of rotatable bonds is 3. The Bertz CT molecular complexity index is 35.2. The topological polar surface area (TPSA) is 14.1 Å². The molecule has 0 aromatic rings. The monoisotopic (exact) mass is 100 g/mol. The quantitative estimate of drug-likeness (QED) is 0.509. The normalized spacial score (nSPS) is 14.1. The van der Waals surface area contributed by atoms with Crippen LogP contribution < -0.4 is 5.32 Å². The third-order valence-electron chi connectivity index (χ3n) is 1.15. The van der Waals surface area contributed by atoms with Crippen LogP contribution in [0.4, 0.5) is 0 Å². The molecule has 0 spiro atoms. The maximum Gasteiger partial charge on any atom is 0.0214 e. The summed E-state index contributed by atoms with van der Waals surface area (Å²) in [6.07, 6.45) is 2.48. The van der Waals surface area contributed by atoms with E-state index < -0.39 is 0 Å². The van der Waals surface area contributed by atoms with Gasteiger partial charge in [0.2, 0.25) is 0 Å². The van der Waals surface area contributed by atoms with Gasteiger partial charge in [0.05, 0.1) is 0 Å². The minimum absolute atomic E-state index is 0.574. The first-order chi connectivity index (χ1) is 3.31. The molecular formula is C6H14N. The molecule has 7 heavy (non-hydrogen) atoms. The molecule has 0 fully saturated rings. The Kier molecular flexibility index (Phi) is 4.10. The molecular weight excluding hydrogens is 86.1 g/mol. The molecule has 0 aromatic heterocycles. The van der Waals surface area contributed by atoms with Crippen LogP contribution in [0.1, 0.15) is 26.7 Å².